The number of carbonyl (C=O) groups excluding carboxylic acids is 2. The Bertz CT molecular complexity index is 1010. The summed E-state index contributed by atoms with van der Waals surface area (Å²) in [5, 5.41) is 3.80. The molecule has 1 amide bonds. The van der Waals surface area contributed by atoms with E-state index in [4.69, 9.17) is 0 Å². The Balaban J connectivity index is 1.55. The van der Waals surface area contributed by atoms with Gasteiger partial charge in [-0.3, -0.25) is 14.4 Å². The van der Waals surface area contributed by atoms with Crippen LogP contribution < -0.4 is 10.9 Å². The molecule has 0 spiro atoms. The smallest absolute Gasteiger partial charge is 0.261 e. The maximum Gasteiger partial charge on any atom is 0.261 e. The highest BCUT2D eigenvalue weighted by atomic mass is 16.2. The number of Topliss-reactive ketones (excluding diaryl/α,β-unsaturated/α-hetero) is 1. The molecule has 0 unspecified atom stereocenters. The molecule has 0 fully saturated rings. The summed E-state index contributed by atoms with van der Waals surface area (Å²) in [5.41, 5.74) is 2.45. The van der Waals surface area contributed by atoms with E-state index >= 15 is 0 Å². The van der Waals surface area contributed by atoms with Crippen LogP contribution in [-0.4, -0.2) is 21.7 Å². The Morgan fingerprint density at radius 2 is 1.92 bits per heavy atom. The van der Waals surface area contributed by atoms with Gasteiger partial charge in [-0.05, 0) is 36.4 Å². The summed E-state index contributed by atoms with van der Waals surface area (Å²) in [6, 6.07) is 11.2. The number of fused-ring (bicyclic) bond motifs is 2. The maximum absolute atomic E-state index is 12.4. The summed E-state index contributed by atoms with van der Waals surface area (Å²) in [4.78, 5) is 42.4. The molecule has 0 bridgehead atoms. The number of carbonyl (C=O) groups is 2. The second kappa shape index (κ2) is 6.05. The minimum atomic E-state index is -0.485. The molecule has 2 heterocycles. The van der Waals surface area contributed by atoms with Gasteiger partial charge in [0.25, 0.3) is 11.5 Å². The lowest BCUT2D eigenvalue weighted by Crippen LogP contribution is -2.31. The van der Waals surface area contributed by atoms with Crippen LogP contribution in [0, 0.1) is 0 Å². The van der Waals surface area contributed by atoms with Crippen molar-refractivity contribution in [2.75, 3.05) is 0 Å². The predicted octanol–water partition coefficient (Wildman–Crippen LogP) is 2.31. The van der Waals surface area contributed by atoms with E-state index in [1.54, 1.807) is 0 Å². The van der Waals surface area contributed by atoms with Gasteiger partial charge in [0.05, 0.1) is 6.54 Å². The van der Waals surface area contributed by atoms with Crippen LogP contribution in [0.4, 0.5) is 0 Å². The molecule has 6 heteroatoms. The van der Waals surface area contributed by atoms with Crippen LogP contribution in [0.25, 0.3) is 10.9 Å². The van der Waals surface area contributed by atoms with Crippen LogP contribution in [0.1, 0.15) is 44.9 Å². The van der Waals surface area contributed by atoms with Gasteiger partial charge < -0.3 is 15.3 Å². The average molecular weight is 335 g/mol. The van der Waals surface area contributed by atoms with Crippen molar-refractivity contribution in [3.63, 3.8) is 0 Å². The summed E-state index contributed by atoms with van der Waals surface area (Å²) in [6.07, 6.45) is 1.84. The molecule has 1 aliphatic carbocycles. The molecule has 0 aliphatic heterocycles. The topological polar surface area (TPSA) is 94.8 Å². The molecule has 1 aromatic carbocycles. The van der Waals surface area contributed by atoms with E-state index in [1.807, 2.05) is 30.3 Å². The normalized spacial score (nSPS) is 13.7. The number of aromatic nitrogens is 2. The first-order chi connectivity index (χ1) is 12.1. The lowest BCUT2D eigenvalue weighted by molar-refractivity contribution is 0.0949. The Morgan fingerprint density at radius 3 is 2.76 bits per heavy atom. The number of para-hydroxylation sites is 1. The summed E-state index contributed by atoms with van der Waals surface area (Å²) < 4.78 is 0. The quantitative estimate of drug-likeness (QED) is 0.685. The molecule has 4 rings (SSSR count). The second-order valence-corrected chi connectivity index (χ2v) is 6.25. The van der Waals surface area contributed by atoms with Crippen molar-refractivity contribution in [1.29, 1.82) is 0 Å². The zero-order valence-corrected chi connectivity index (χ0v) is 13.5. The number of aromatic amines is 2. The van der Waals surface area contributed by atoms with E-state index in [2.05, 4.69) is 15.3 Å². The highest BCUT2D eigenvalue weighted by molar-refractivity contribution is 6.01. The fourth-order valence-electron chi connectivity index (χ4n) is 3.24. The minimum absolute atomic E-state index is 0.0230. The Labute approximate surface area is 143 Å². The molecule has 0 atom stereocenters. The Kier molecular flexibility index (Phi) is 3.72. The van der Waals surface area contributed by atoms with Crippen molar-refractivity contribution in [1.82, 2.24) is 15.3 Å². The number of nitrogens with one attached hydrogen (secondary N) is 3. The van der Waals surface area contributed by atoms with E-state index in [-0.39, 0.29) is 17.9 Å². The van der Waals surface area contributed by atoms with Gasteiger partial charge in [0.1, 0.15) is 5.56 Å². The molecule has 6 nitrogen and oxygen atoms in total. The molecular formula is C19H17N3O3. The molecule has 3 aromatic rings. The third-order valence-corrected chi connectivity index (χ3v) is 4.52. The maximum atomic E-state index is 12.4. The van der Waals surface area contributed by atoms with Gasteiger partial charge in [-0.2, -0.15) is 0 Å². The Morgan fingerprint density at radius 1 is 1.08 bits per heavy atom. The molecule has 2 aromatic heterocycles. The number of benzene rings is 1. The number of pyridine rings is 1. The highest BCUT2D eigenvalue weighted by Gasteiger charge is 2.22. The molecule has 1 aliphatic rings. The lowest BCUT2D eigenvalue weighted by atomic mass is 9.93. The minimum Gasteiger partial charge on any atom is -0.357 e. The van der Waals surface area contributed by atoms with Crippen molar-refractivity contribution in [2.24, 2.45) is 0 Å². The summed E-state index contributed by atoms with van der Waals surface area (Å²) in [6.45, 7) is 0.276. The molecular weight excluding hydrogens is 318 g/mol. The van der Waals surface area contributed by atoms with Crippen molar-refractivity contribution in [3.8, 4) is 0 Å². The zero-order valence-electron chi connectivity index (χ0n) is 13.5. The van der Waals surface area contributed by atoms with Crippen LogP contribution >= 0.6 is 0 Å². The summed E-state index contributed by atoms with van der Waals surface area (Å²) in [7, 11) is 0. The highest BCUT2D eigenvalue weighted by Crippen LogP contribution is 2.19. The fraction of sp³-hybridized carbons (Fsp3) is 0.211. The van der Waals surface area contributed by atoms with Gasteiger partial charge in [0.15, 0.2) is 5.78 Å². The summed E-state index contributed by atoms with van der Waals surface area (Å²) >= 11 is 0. The molecule has 0 saturated carbocycles. The molecule has 0 radical (unpaired) electrons. The fourth-order valence-corrected chi connectivity index (χ4v) is 3.24. The van der Waals surface area contributed by atoms with E-state index < -0.39 is 11.5 Å². The number of ketones is 1. The van der Waals surface area contributed by atoms with Crippen molar-refractivity contribution < 1.29 is 9.59 Å². The van der Waals surface area contributed by atoms with Gasteiger partial charge in [0, 0.05) is 28.9 Å². The summed E-state index contributed by atoms with van der Waals surface area (Å²) in [5.74, 6) is -0.511. The number of hydrogen-bond donors (Lipinski definition) is 3. The first-order valence-electron chi connectivity index (χ1n) is 8.26. The predicted molar refractivity (Wildman–Crippen MR) is 93.8 cm³/mol. The van der Waals surface area contributed by atoms with E-state index in [0.29, 0.717) is 24.1 Å². The number of rotatable bonds is 3. The van der Waals surface area contributed by atoms with Crippen LogP contribution in [0.5, 0.6) is 0 Å². The Hall–Kier alpha value is -3.15. The van der Waals surface area contributed by atoms with Crippen molar-refractivity contribution in [2.45, 2.75) is 25.8 Å². The second-order valence-electron chi connectivity index (χ2n) is 6.25. The van der Waals surface area contributed by atoms with E-state index in [1.165, 1.54) is 6.07 Å². The number of H-pyrrole nitrogens is 2. The first-order valence-corrected chi connectivity index (χ1v) is 8.26. The standard InChI is InChI=1S/C19H17N3O3/c23-17-7-3-6-16-13(17)9-14(19(25)22-16)18(24)20-10-12-8-11-4-1-2-5-15(11)21-12/h1-2,4-5,8-9,21H,3,6-7,10H2,(H,20,24)(H,22,25). The average Bonchev–Trinajstić information content (AvgIpc) is 3.02. The van der Waals surface area contributed by atoms with Gasteiger partial charge in [-0.1, -0.05) is 18.2 Å². The SMILES string of the molecule is O=C1CCCc2[nH]c(=O)c(C(=O)NCc3cc4ccccc4[nH]3)cc21. The van der Waals surface area contributed by atoms with Crippen LogP contribution in [0.2, 0.25) is 0 Å². The largest absolute Gasteiger partial charge is 0.357 e. The molecule has 3 N–H and O–H groups in total. The van der Waals surface area contributed by atoms with Gasteiger partial charge >= 0.3 is 0 Å². The van der Waals surface area contributed by atoms with Crippen LogP contribution in [-0.2, 0) is 13.0 Å². The monoisotopic (exact) mass is 335 g/mol. The van der Waals surface area contributed by atoms with Crippen LogP contribution in [0.3, 0.4) is 0 Å². The van der Waals surface area contributed by atoms with Gasteiger partial charge in [-0.15, -0.1) is 0 Å². The number of hydrogen-bond acceptors (Lipinski definition) is 3. The van der Waals surface area contributed by atoms with Crippen LogP contribution in [0.15, 0.2) is 41.2 Å². The van der Waals surface area contributed by atoms with E-state index in [9.17, 15) is 14.4 Å². The molecule has 126 valence electrons. The number of amides is 1. The zero-order chi connectivity index (χ0) is 17.4. The van der Waals surface area contributed by atoms with E-state index in [0.717, 1.165) is 23.0 Å². The molecule has 25 heavy (non-hydrogen) atoms. The molecule has 0 saturated heterocycles. The lowest BCUT2D eigenvalue weighted by Gasteiger charge is -2.14. The van der Waals surface area contributed by atoms with Gasteiger partial charge in [-0.25, -0.2) is 0 Å². The third kappa shape index (κ3) is 2.87. The van der Waals surface area contributed by atoms with Gasteiger partial charge in [0.2, 0.25) is 0 Å². The van der Waals surface area contributed by atoms with Crippen molar-refractivity contribution >= 4 is 22.6 Å². The third-order valence-electron chi connectivity index (χ3n) is 4.52. The van der Waals surface area contributed by atoms with Crippen molar-refractivity contribution in [3.05, 3.63) is 69.3 Å². The number of aryl methyl sites for hydroxylation is 1. The first kappa shape index (κ1) is 15.4.